The highest BCUT2D eigenvalue weighted by atomic mass is 35.5. The number of aromatic nitrogens is 2. The normalized spacial score (nSPS) is 12.6. The van der Waals surface area contributed by atoms with Crippen molar-refractivity contribution < 1.29 is 9.85 Å². The third-order valence-corrected chi connectivity index (χ3v) is 5.47. The van der Waals surface area contributed by atoms with Gasteiger partial charge in [0.1, 0.15) is 10.3 Å². The summed E-state index contributed by atoms with van der Waals surface area (Å²) in [6.07, 6.45) is 8.45. The number of hydrogen-bond acceptors (Lipinski definition) is 8. The molecule has 0 saturated heterocycles. The van der Waals surface area contributed by atoms with Gasteiger partial charge < -0.3 is 11.1 Å². The van der Waals surface area contributed by atoms with Gasteiger partial charge in [-0.15, -0.1) is 0 Å². The van der Waals surface area contributed by atoms with Crippen molar-refractivity contribution in [1.82, 2.24) is 15.3 Å². The number of nitrogens with one attached hydrogen (secondary N) is 1. The van der Waals surface area contributed by atoms with Gasteiger partial charge in [0.2, 0.25) is 0 Å². The molecular formula is C25H38Cl2N6O4. The number of likely N-dealkylation sites (N-methyl/N-ethyl adjacent to an activating group) is 1. The van der Waals surface area contributed by atoms with Crippen LogP contribution < -0.4 is 11.1 Å². The van der Waals surface area contributed by atoms with Gasteiger partial charge in [-0.2, -0.15) is 0 Å². The molecule has 0 fully saturated rings. The van der Waals surface area contributed by atoms with Crippen molar-refractivity contribution in [3.8, 4) is 0 Å². The Balaban J connectivity index is 0. The van der Waals surface area contributed by atoms with Gasteiger partial charge in [0.05, 0.1) is 21.2 Å². The third-order valence-electron chi connectivity index (χ3n) is 5.03. The largest absolute Gasteiger partial charge is 0.397 e. The number of halogens is 2. The summed E-state index contributed by atoms with van der Waals surface area (Å²) < 4.78 is 0. The molecule has 3 N–H and O–H groups in total. The smallest absolute Gasteiger partial charge is 0.253 e. The van der Waals surface area contributed by atoms with Gasteiger partial charge in [0.15, 0.2) is 0 Å². The molecular weight excluding hydrogens is 519 g/mol. The molecule has 0 spiro atoms. The lowest BCUT2D eigenvalue weighted by molar-refractivity contribution is -0.404. The number of hydrogen-bond donors (Lipinski definition) is 2. The molecule has 0 aliphatic heterocycles. The van der Waals surface area contributed by atoms with Crippen LogP contribution in [0.25, 0.3) is 0 Å². The van der Waals surface area contributed by atoms with Gasteiger partial charge in [-0.05, 0) is 36.1 Å². The molecule has 0 aliphatic rings. The van der Waals surface area contributed by atoms with E-state index in [9.17, 15) is 20.2 Å². The first kappa shape index (κ1) is 35.9. The summed E-state index contributed by atoms with van der Waals surface area (Å²) >= 11 is 11.4. The Labute approximate surface area is 229 Å². The molecule has 2 aromatic heterocycles. The third kappa shape index (κ3) is 13.0. The molecule has 0 radical (unpaired) electrons. The number of rotatable bonds is 11. The van der Waals surface area contributed by atoms with Crippen molar-refractivity contribution in [2.24, 2.45) is 5.73 Å². The average Bonchev–Trinajstić information content (AvgIpc) is 2.81. The van der Waals surface area contributed by atoms with E-state index in [0.29, 0.717) is 16.0 Å². The Morgan fingerprint density at radius 2 is 1.35 bits per heavy atom. The second kappa shape index (κ2) is 18.9. The Bertz CT molecular complexity index is 1010. The van der Waals surface area contributed by atoms with Crippen LogP contribution in [0.4, 0.5) is 0 Å². The fourth-order valence-corrected chi connectivity index (χ4v) is 3.67. The van der Waals surface area contributed by atoms with Crippen LogP contribution in [0.1, 0.15) is 77.3 Å². The first-order chi connectivity index (χ1) is 16.6. The summed E-state index contributed by atoms with van der Waals surface area (Å²) in [7, 11) is 1.68. The van der Waals surface area contributed by atoms with E-state index in [1.807, 2.05) is 19.9 Å². The molecule has 2 heterocycles. The molecule has 0 aliphatic carbocycles. The molecule has 37 heavy (non-hydrogen) atoms. The van der Waals surface area contributed by atoms with Gasteiger partial charge in [-0.25, -0.2) is 9.97 Å². The van der Waals surface area contributed by atoms with E-state index in [1.54, 1.807) is 37.6 Å². The first-order valence-electron chi connectivity index (χ1n) is 11.0. The SMILES string of the molecule is C.C.CCCC(/C(=C/[N+](=O)[O-])NC)c1ccc(Cl)nc1.CCCC(/C(N)=C/[N+](=O)[O-])c1ccc(Cl)nc1. The summed E-state index contributed by atoms with van der Waals surface area (Å²) in [4.78, 5) is 28.0. The fraction of sp³-hybridized carbons (Fsp3) is 0.440. The Kier molecular flexibility index (Phi) is 18.4. The number of pyridine rings is 2. The maximum Gasteiger partial charge on any atom is 0.253 e. The zero-order valence-corrected chi connectivity index (χ0v) is 21.4. The van der Waals surface area contributed by atoms with Crippen LogP contribution in [0.2, 0.25) is 10.3 Å². The van der Waals surface area contributed by atoms with Crippen molar-refractivity contribution >= 4 is 23.2 Å². The highest BCUT2D eigenvalue weighted by Gasteiger charge is 2.19. The summed E-state index contributed by atoms with van der Waals surface area (Å²) in [5, 5.41) is 24.7. The molecule has 0 aromatic carbocycles. The minimum absolute atomic E-state index is 0. The van der Waals surface area contributed by atoms with Crippen LogP contribution in [-0.2, 0) is 0 Å². The van der Waals surface area contributed by atoms with E-state index in [4.69, 9.17) is 28.9 Å². The molecule has 0 amide bonds. The Morgan fingerprint density at radius 3 is 1.70 bits per heavy atom. The zero-order chi connectivity index (χ0) is 26.4. The molecule has 206 valence electrons. The summed E-state index contributed by atoms with van der Waals surface area (Å²) in [5.74, 6) is -0.245. The van der Waals surface area contributed by atoms with E-state index in [1.165, 1.54) is 0 Å². The number of allylic oxidation sites excluding steroid dienone is 2. The van der Waals surface area contributed by atoms with Crippen molar-refractivity contribution in [3.63, 3.8) is 0 Å². The van der Waals surface area contributed by atoms with Crippen LogP contribution in [-0.4, -0.2) is 26.9 Å². The van der Waals surface area contributed by atoms with Gasteiger partial charge in [-0.1, -0.05) is 76.9 Å². The first-order valence-corrected chi connectivity index (χ1v) is 11.7. The highest BCUT2D eigenvalue weighted by molar-refractivity contribution is 6.29. The predicted octanol–water partition coefficient (Wildman–Crippen LogP) is 6.92. The number of nitrogens with two attached hydrogens (primary N) is 1. The van der Waals surface area contributed by atoms with E-state index < -0.39 is 9.85 Å². The fourth-order valence-electron chi connectivity index (χ4n) is 3.45. The van der Waals surface area contributed by atoms with Crippen LogP contribution >= 0.6 is 23.2 Å². The zero-order valence-electron chi connectivity index (χ0n) is 19.9. The quantitative estimate of drug-likeness (QED) is 0.172. The second-order valence-corrected chi connectivity index (χ2v) is 8.32. The van der Waals surface area contributed by atoms with Gasteiger partial charge in [0, 0.05) is 31.3 Å². The maximum atomic E-state index is 10.6. The molecule has 2 atom stereocenters. The summed E-state index contributed by atoms with van der Waals surface area (Å²) in [6, 6.07) is 6.98. The summed E-state index contributed by atoms with van der Waals surface area (Å²) in [6.45, 7) is 4.03. The van der Waals surface area contributed by atoms with Crippen molar-refractivity contribution in [1.29, 1.82) is 0 Å². The Morgan fingerprint density at radius 1 is 0.919 bits per heavy atom. The summed E-state index contributed by atoms with van der Waals surface area (Å²) in [5.41, 5.74) is 8.31. The number of nitro groups is 2. The van der Waals surface area contributed by atoms with E-state index in [0.717, 1.165) is 49.2 Å². The monoisotopic (exact) mass is 556 g/mol. The van der Waals surface area contributed by atoms with Crippen molar-refractivity contribution in [3.05, 3.63) is 102 Å². The lowest BCUT2D eigenvalue weighted by Crippen LogP contribution is -2.16. The van der Waals surface area contributed by atoms with Crippen LogP contribution in [0, 0.1) is 20.2 Å². The lowest BCUT2D eigenvalue weighted by Gasteiger charge is -2.18. The maximum absolute atomic E-state index is 10.6. The van der Waals surface area contributed by atoms with Gasteiger partial charge in [0.25, 0.3) is 12.4 Å². The second-order valence-electron chi connectivity index (χ2n) is 7.55. The van der Waals surface area contributed by atoms with E-state index in [2.05, 4.69) is 15.3 Å². The van der Waals surface area contributed by atoms with Crippen LogP contribution in [0.15, 0.2) is 60.5 Å². The van der Waals surface area contributed by atoms with E-state index >= 15 is 0 Å². The minimum Gasteiger partial charge on any atom is -0.397 e. The number of nitrogens with zero attached hydrogens (tertiary/aromatic N) is 4. The van der Waals surface area contributed by atoms with Gasteiger partial charge >= 0.3 is 0 Å². The van der Waals surface area contributed by atoms with E-state index in [-0.39, 0.29) is 32.4 Å². The van der Waals surface area contributed by atoms with Crippen LogP contribution in [0.5, 0.6) is 0 Å². The Hall–Kier alpha value is -3.24. The highest BCUT2D eigenvalue weighted by Crippen LogP contribution is 2.28. The standard InChI is InChI=1S/C12H16ClN3O2.C11H14ClN3O2.2CH4/c1-3-4-10(11(14-2)8-16(17)18)9-5-6-12(13)15-7-9;1-2-3-9(10(13)7-15(16)17)8-4-5-11(12)14-6-8;;/h5-8,10,14H,3-4H2,1-2H3;4-7,9H,2-3,13H2,1H3;2*1H4/b11-8-;10-7-;;. The molecule has 2 rings (SSSR count). The lowest BCUT2D eigenvalue weighted by atomic mass is 9.93. The van der Waals surface area contributed by atoms with Crippen molar-refractivity contribution in [2.45, 2.75) is 66.2 Å². The minimum atomic E-state index is -0.540. The molecule has 2 aromatic rings. The molecule has 10 nitrogen and oxygen atoms in total. The topological polar surface area (TPSA) is 150 Å². The van der Waals surface area contributed by atoms with Crippen LogP contribution in [0.3, 0.4) is 0 Å². The average molecular weight is 558 g/mol. The van der Waals surface area contributed by atoms with Gasteiger partial charge in [-0.3, -0.25) is 20.2 Å². The molecule has 2 unspecified atom stereocenters. The predicted molar refractivity (Wildman–Crippen MR) is 151 cm³/mol. The van der Waals surface area contributed by atoms with Crippen molar-refractivity contribution in [2.75, 3.05) is 7.05 Å². The molecule has 0 saturated carbocycles. The molecule has 0 bridgehead atoms. The molecule has 12 heteroatoms.